The molecule has 0 aromatic carbocycles. The first-order valence-corrected chi connectivity index (χ1v) is 7.20. The number of rotatable bonds is 4. The zero-order chi connectivity index (χ0) is 19.7. The third-order valence-corrected chi connectivity index (χ3v) is 3.78. The number of ether oxygens (including phenoxy) is 2. The summed E-state index contributed by atoms with van der Waals surface area (Å²) >= 11 is -0.367. The highest BCUT2D eigenvalue weighted by Crippen LogP contribution is 2.44. The number of hydrogen-bond acceptors (Lipinski definition) is 7. The van der Waals surface area contributed by atoms with E-state index in [0.29, 0.717) is 0 Å². The Morgan fingerprint density at radius 1 is 1.04 bits per heavy atom. The predicted octanol–water partition coefficient (Wildman–Crippen LogP) is 3.24. The summed E-state index contributed by atoms with van der Waals surface area (Å²) in [6.07, 6.45) is -9.66. The van der Waals surface area contributed by atoms with Crippen molar-refractivity contribution in [3.63, 3.8) is 0 Å². The zero-order valence-corrected chi connectivity index (χ0v) is 13.6. The largest absolute Gasteiger partial charge is 0.480 e. The first-order valence-electron chi connectivity index (χ1n) is 6.38. The molecule has 0 atom stereocenters. The van der Waals surface area contributed by atoms with Gasteiger partial charge < -0.3 is 9.47 Å². The average molecular weight is 402 g/mol. The molecule has 2 rings (SSSR count). The van der Waals surface area contributed by atoms with Gasteiger partial charge >= 0.3 is 12.4 Å². The Hall–Kier alpha value is -2.64. The standard InChI is InChI=1S/C12H8F6N4O3S/c1-24-8-4(9(25-2)20-3-19-8)7(23)22-10-21-5(11(13,14)15)6(26-10)12(16,17)18/h3H,1-2H3,(H,21,22,23). The van der Waals surface area contributed by atoms with Gasteiger partial charge in [0.05, 0.1) is 14.2 Å². The average Bonchev–Trinajstić information content (AvgIpc) is 2.98. The van der Waals surface area contributed by atoms with Crippen molar-refractivity contribution in [1.82, 2.24) is 15.0 Å². The smallest absolute Gasteiger partial charge is 0.434 e. The van der Waals surface area contributed by atoms with Crippen LogP contribution < -0.4 is 14.8 Å². The van der Waals surface area contributed by atoms with Gasteiger partial charge in [0.1, 0.15) is 11.2 Å². The zero-order valence-electron chi connectivity index (χ0n) is 12.8. The summed E-state index contributed by atoms with van der Waals surface area (Å²) < 4.78 is 86.3. The number of anilines is 1. The normalized spacial score (nSPS) is 12.0. The van der Waals surface area contributed by atoms with Crippen LogP contribution in [0.2, 0.25) is 0 Å². The van der Waals surface area contributed by atoms with Crippen LogP contribution in [-0.4, -0.2) is 35.1 Å². The number of alkyl halides is 6. The van der Waals surface area contributed by atoms with Crippen molar-refractivity contribution < 1.29 is 40.6 Å². The predicted molar refractivity (Wildman–Crippen MR) is 75.2 cm³/mol. The summed E-state index contributed by atoms with van der Waals surface area (Å²) in [6.45, 7) is 0. The van der Waals surface area contributed by atoms with Crippen molar-refractivity contribution in [3.05, 3.63) is 22.5 Å². The number of carbonyl (C=O) groups excluding carboxylic acids is 1. The molecule has 0 bridgehead atoms. The summed E-state index contributed by atoms with van der Waals surface area (Å²) in [5, 5.41) is 0.927. The van der Waals surface area contributed by atoms with Crippen LogP contribution in [0.15, 0.2) is 6.33 Å². The number of methoxy groups -OCH3 is 2. The SMILES string of the molecule is COc1ncnc(OC)c1C(=O)Nc1nc(C(F)(F)F)c(C(F)(F)F)s1. The minimum Gasteiger partial charge on any atom is -0.480 e. The van der Waals surface area contributed by atoms with E-state index in [0.717, 1.165) is 20.5 Å². The molecule has 2 aromatic rings. The summed E-state index contributed by atoms with van der Waals surface area (Å²) in [5.41, 5.74) is -2.57. The van der Waals surface area contributed by atoms with E-state index in [2.05, 4.69) is 15.0 Å². The van der Waals surface area contributed by atoms with Crippen LogP contribution in [0.1, 0.15) is 20.9 Å². The van der Waals surface area contributed by atoms with Crippen LogP contribution in [0.25, 0.3) is 0 Å². The Kier molecular flexibility index (Phi) is 5.25. The molecular formula is C12H8F6N4O3S. The van der Waals surface area contributed by atoms with Crippen LogP contribution in [0.5, 0.6) is 11.8 Å². The number of amides is 1. The van der Waals surface area contributed by atoms with Gasteiger partial charge in [0.25, 0.3) is 5.91 Å². The van der Waals surface area contributed by atoms with E-state index in [1.165, 1.54) is 0 Å². The second-order valence-electron chi connectivity index (χ2n) is 4.41. The molecule has 2 aromatic heterocycles. The lowest BCUT2D eigenvalue weighted by Gasteiger charge is -2.09. The van der Waals surface area contributed by atoms with E-state index in [1.807, 2.05) is 5.32 Å². The summed E-state index contributed by atoms with van der Waals surface area (Å²) in [4.78, 5) is 20.3. The number of nitrogens with one attached hydrogen (secondary N) is 1. The molecule has 0 saturated heterocycles. The highest BCUT2D eigenvalue weighted by atomic mass is 32.1. The van der Waals surface area contributed by atoms with Crippen LogP contribution >= 0.6 is 11.3 Å². The quantitative estimate of drug-likeness (QED) is 0.791. The van der Waals surface area contributed by atoms with Crippen LogP contribution in [0.3, 0.4) is 0 Å². The van der Waals surface area contributed by atoms with E-state index >= 15 is 0 Å². The molecule has 0 radical (unpaired) electrons. The molecular weight excluding hydrogens is 394 g/mol. The summed E-state index contributed by atoms with van der Waals surface area (Å²) in [6, 6.07) is 0. The van der Waals surface area contributed by atoms with Gasteiger partial charge in [-0.15, -0.1) is 0 Å². The Balaban J connectivity index is 2.44. The molecule has 14 heteroatoms. The minimum atomic E-state index is -5.35. The third-order valence-electron chi connectivity index (χ3n) is 2.77. The fraction of sp³-hybridized carbons (Fsp3) is 0.333. The molecule has 26 heavy (non-hydrogen) atoms. The van der Waals surface area contributed by atoms with Crippen molar-refractivity contribution in [2.45, 2.75) is 12.4 Å². The third kappa shape index (κ3) is 3.95. The number of carbonyl (C=O) groups is 1. The van der Waals surface area contributed by atoms with Crippen LogP contribution in [0.4, 0.5) is 31.5 Å². The maximum Gasteiger partial charge on any atom is 0.434 e. The maximum absolute atomic E-state index is 12.8. The van der Waals surface area contributed by atoms with Gasteiger partial charge in [-0.2, -0.15) is 26.3 Å². The lowest BCUT2D eigenvalue weighted by Crippen LogP contribution is -2.16. The second kappa shape index (κ2) is 6.93. The molecule has 142 valence electrons. The number of halogens is 6. The number of thiazole rings is 1. The van der Waals surface area contributed by atoms with Gasteiger partial charge in [0.2, 0.25) is 11.8 Å². The number of hydrogen-bond donors (Lipinski definition) is 1. The molecule has 2 heterocycles. The first kappa shape index (κ1) is 19.7. The molecule has 1 N–H and O–H groups in total. The first-order chi connectivity index (χ1) is 12.0. The molecule has 0 fully saturated rings. The molecule has 0 aliphatic carbocycles. The molecule has 0 aliphatic heterocycles. The lowest BCUT2D eigenvalue weighted by molar-refractivity contribution is -0.161. The van der Waals surface area contributed by atoms with Crippen molar-refractivity contribution in [3.8, 4) is 11.8 Å². The van der Waals surface area contributed by atoms with E-state index < -0.39 is 39.5 Å². The second-order valence-corrected chi connectivity index (χ2v) is 5.41. The fourth-order valence-electron chi connectivity index (χ4n) is 1.78. The van der Waals surface area contributed by atoms with Gasteiger partial charge in [-0.1, -0.05) is 11.3 Å². The minimum absolute atomic E-state index is 0.294. The molecule has 1 amide bonds. The van der Waals surface area contributed by atoms with Crippen molar-refractivity contribution in [2.24, 2.45) is 0 Å². The van der Waals surface area contributed by atoms with Crippen molar-refractivity contribution in [1.29, 1.82) is 0 Å². The molecule has 7 nitrogen and oxygen atoms in total. The topological polar surface area (TPSA) is 86.2 Å². The van der Waals surface area contributed by atoms with E-state index in [9.17, 15) is 31.1 Å². The molecule has 0 spiro atoms. The number of aromatic nitrogens is 3. The van der Waals surface area contributed by atoms with Crippen LogP contribution in [0, 0.1) is 0 Å². The Morgan fingerprint density at radius 3 is 1.96 bits per heavy atom. The summed E-state index contributed by atoms with van der Waals surface area (Å²) in [5.74, 6) is -1.74. The Labute approximate surface area is 145 Å². The maximum atomic E-state index is 12.8. The Morgan fingerprint density at radius 2 is 1.58 bits per heavy atom. The lowest BCUT2D eigenvalue weighted by atomic mass is 10.3. The van der Waals surface area contributed by atoms with Gasteiger partial charge in [-0.3, -0.25) is 10.1 Å². The van der Waals surface area contributed by atoms with Crippen molar-refractivity contribution in [2.75, 3.05) is 19.5 Å². The van der Waals surface area contributed by atoms with E-state index in [4.69, 9.17) is 9.47 Å². The van der Waals surface area contributed by atoms with Gasteiger partial charge in [-0.05, 0) is 0 Å². The van der Waals surface area contributed by atoms with Crippen molar-refractivity contribution >= 4 is 22.4 Å². The van der Waals surface area contributed by atoms with Gasteiger partial charge in [-0.25, -0.2) is 15.0 Å². The summed E-state index contributed by atoms with van der Waals surface area (Å²) in [7, 11) is 2.29. The van der Waals surface area contributed by atoms with Gasteiger partial charge in [0, 0.05) is 0 Å². The number of nitrogens with zero attached hydrogens (tertiary/aromatic N) is 3. The molecule has 0 saturated carbocycles. The highest BCUT2D eigenvalue weighted by Gasteiger charge is 2.47. The monoisotopic (exact) mass is 402 g/mol. The van der Waals surface area contributed by atoms with E-state index in [-0.39, 0.29) is 23.1 Å². The van der Waals surface area contributed by atoms with Gasteiger partial charge in [0.15, 0.2) is 16.4 Å². The highest BCUT2D eigenvalue weighted by molar-refractivity contribution is 7.16. The van der Waals surface area contributed by atoms with E-state index in [1.54, 1.807) is 0 Å². The molecule has 0 aliphatic rings. The van der Waals surface area contributed by atoms with Crippen LogP contribution in [-0.2, 0) is 12.4 Å². The fourth-order valence-corrected chi connectivity index (χ4v) is 2.62. The molecule has 0 unspecified atom stereocenters. The Bertz CT molecular complexity index is 767.